The molecule has 1 aliphatic heterocycles. The lowest BCUT2D eigenvalue weighted by Gasteiger charge is -2.36. The van der Waals surface area contributed by atoms with Gasteiger partial charge >= 0.3 is 0 Å². The average Bonchev–Trinajstić information content (AvgIpc) is 2.95. The van der Waals surface area contributed by atoms with Gasteiger partial charge in [0.1, 0.15) is 11.8 Å². The largest absolute Gasteiger partial charge is 0.383 e. The highest BCUT2D eigenvalue weighted by atomic mass is 16.5. The summed E-state index contributed by atoms with van der Waals surface area (Å²) in [4.78, 5) is 14.6. The fourth-order valence-electron chi connectivity index (χ4n) is 3.61. The van der Waals surface area contributed by atoms with E-state index in [1.54, 1.807) is 17.9 Å². The van der Waals surface area contributed by atoms with Crippen LogP contribution >= 0.6 is 0 Å². The monoisotopic (exact) mass is 301 g/mol. The number of ether oxygens (including phenoxy) is 1. The number of aliphatic hydroxyl groups is 1. The maximum atomic E-state index is 12.9. The molecule has 0 unspecified atom stereocenters. The Balaban J connectivity index is 1.98. The lowest BCUT2D eigenvalue weighted by molar-refractivity contribution is -0.158. The molecule has 0 aromatic heterocycles. The van der Waals surface area contributed by atoms with E-state index in [0.29, 0.717) is 0 Å². The Morgan fingerprint density at radius 2 is 2.18 bits per heavy atom. The third-order valence-electron chi connectivity index (χ3n) is 4.81. The molecule has 1 N–H and O–H groups in total. The smallest absolute Gasteiger partial charge is 0.254 e. The number of carbonyl (C=O) groups excluding carboxylic acids is 1. The van der Waals surface area contributed by atoms with Gasteiger partial charge in [0.05, 0.1) is 12.1 Å². The average molecular weight is 301 g/mol. The maximum Gasteiger partial charge on any atom is 0.254 e. The third kappa shape index (κ3) is 2.18. The van der Waals surface area contributed by atoms with Crippen molar-refractivity contribution in [1.82, 2.24) is 4.90 Å². The van der Waals surface area contributed by atoms with E-state index in [4.69, 9.17) is 4.74 Å². The Bertz CT molecular complexity index is 610. The number of carbonyl (C=O) groups is 1. The molecule has 0 spiro atoms. The number of fused-ring (bicyclic) bond motifs is 3. The number of aliphatic hydroxyl groups excluding tert-OH is 1. The van der Waals surface area contributed by atoms with Crippen molar-refractivity contribution in [1.29, 1.82) is 0 Å². The molecule has 118 valence electrons. The van der Waals surface area contributed by atoms with Crippen LogP contribution in [0.1, 0.15) is 37.9 Å². The van der Waals surface area contributed by atoms with E-state index in [-0.39, 0.29) is 24.0 Å². The number of benzene rings is 1. The van der Waals surface area contributed by atoms with Crippen LogP contribution in [0.2, 0.25) is 0 Å². The van der Waals surface area contributed by atoms with E-state index < -0.39 is 11.8 Å². The van der Waals surface area contributed by atoms with Crippen molar-refractivity contribution >= 4 is 5.91 Å². The standard InChI is InChI=1S/C18H23NO3/c1-5-11(2)16(20)17(21)19-15-13-9-7-6-8-12(13)10-14(15)22-18(19,3)4/h5-9,11,14-16,20H,1,10H2,2-4H3/t11-,14+,15-,16+/m0/s1. The van der Waals surface area contributed by atoms with Crippen molar-refractivity contribution in [3.05, 3.63) is 48.0 Å². The minimum Gasteiger partial charge on any atom is -0.383 e. The molecule has 1 aromatic carbocycles. The van der Waals surface area contributed by atoms with Gasteiger partial charge in [0.15, 0.2) is 0 Å². The summed E-state index contributed by atoms with van der Waals surface area (Å²) in [6, 6.07) is 8.00. The SMILES string of the molecule is C=C[C@H](C)[C@@H](O)C(=O)N1[C@H]2c3ccccc3C[C@H]2OC1(C)C. The van der Waals surface area contributed by atoms with Gasteiger partial charge in [-0.1, -0.05) is 37.3 Å². The fourth-order valence-corrected chi connectivity index (χ4v) is 3.61. The number of hydrogen-bond acceptors (Lipinski definition) is 3. The summed E-state index contributed by atoms with van der Waals surface area (Å²) in [6.07, 6.45) is 1.28. The second-order valence-corrected chi connectivity index (χ2v) is 6.70. The summed E-state index contributed by atoms with van der Waals surface area (Å²) < 4.78 is 6.12. The minimum atomic E-state index is -1.09. The molecule has 0 saturated carbocycles. The molecular formula is C18H23NO3. The van der Waals surface area contributed by atoms with Gasteiger partial charge < -0.3 is 14.7 Å². The molecule has 1 fully saturated rings. The summed E-state index contributed by atoms with van der Waals surface area (Å²) in [5.74, 6) is -0.583. The zero-order chi connectivity index (χ0) is 16.1. The first-order valence-electron chi connectivity index (χ1n) is 7.76. The zero-order valence-electron chi connectivity index (χ0n) is 13.3. The Kier molecular flexibility index (Phi) is 3.62. The normalized spacial score (nSPS) is 27.9. The Hall–Kier alpha value is -1.65. The van der Waals surface area contributed by atoms with E-state index in [0.717, 1.165) is 12.0 Å². The molecule has 4 heteroatoms. The molecule has 4 atom stereocenters. The Morgan fingerprint density at radius 3 is 2.86 bits per heavy atom. The highest BCUT2D eigenvalue weighted by Crippen LogP contribution is 2.48. The van der Waals surface area contributed by atoms with Crippen LogP contribution in [0, 0.1) is 5.92 Å². The van der Waals surface area contributed by atoms with Crippen LogP contribution in [-0.4, -0.2) is 33.8 Å². The van der Waals surface area contributed by atoms with E-state index in [9.17, 15) is 9.90 Å². The highest BCUT2D eigenvalue weighted by molar-refractivity contribution is 5.83. The molecule has 1 aliphatic carbocycles. The molecule has 1 saturated heterocycles. The molecule has 0 bridgehead atoms. The van der Waals surface area contributed by atoms with Gasteiger partial charge in [0.2, 0.25) is 0 Å². The van der Waals surface area contributed by atoms with Crippen molar-refractivity contribution in [2.45, 2.75) is 51.2 Å². The van der Waals surface area contributed by atoms with Crippen LogP contribution in [0.25, 0.3) is 0 Å². The molecule has 1 amide bonds. The van der Waals surface area contributed by atoms with Crippen molar-refractivity contribution in [2.24, 2.45) is 5.92 Å². The summed E-state index contributed by atoms with van der Waals surface area (Å²) in [5.41, 5.74) is 1.63. The van der Waals surface area contributed by atoms with Crippen LogP contribution in [0.15, 0.2) is 36.9 Å². The summed E-state index contributed by atoms with van der Waals surface area (Å²) >= 11 is 0. The summed E-state index contributed by atoms with van der Waals surface area (Å²) in [5, 5.41) is 10.3. The zero-order valence-corrected chi connectivity index (χ0v) is 13.3. The first-order valence-corrected chi connectivity index (χ1v) is 7.76. The third-order valence-corrected chi connectivity index (χ3v) is 4.81. The van der Waals surface area contributed by atoms with Crippen LogP contribution in [0.3, 0.4) is 0 Å². The highest BCUT2D eigenvalue weighted by Gasteiger charge is 2.54. The van der Waals surface area contributed by atoms with Gasteiger partial charge in [-0.25, -0.2) is 0 Å². The summed E-state index contributed by atoms with van der Waals surface area (Å²) in [6.45, 7) is 9.23. The minimum absolute atomic E-state index is 0.0393. The maximum absolute atomic E-state index is 12.9. The Labute approximate surface area is 131 Å². The number of nitrogens with zero attached hydrogens (tertiary/aromatic N) is 1. The molecule has 22 heavy (non-hydrogen) atoms. The first-order chi connectivity index (χ1) is 10.4. The van der Waals surface area contributed by atoms with E-state index in [2.05, 4.69) is 12.6 Å². The first kappa shape index (κ1) is 15.3. The van der Waals surface area contributed by atoms with Gasteiger partial charge in [-0.15, -0.1) is 6.58 Å². The topological polar surface area (TPSA) is 49.8 Å². The van der Waals surface area contributed by atoms with Gasteiger partial charge in [0, 0.05) is 12.3 Å². The van der Waals surface area contributed by atoms with Crippen molar-refractivity contribution in [3.8, 4) is 0 Å². The quantitative estimate of drug-likeness (QED) is 0.872. The number of hydrogen-bond donors (Lipinski definition) is 1. The molecule has 1 heterocycles. The van der Waals surface area contributed by atoms with Crippen LogP contribution in [0.5, 0.6) is 0 Å². The predicted octanol–water partition coefficient (Wildman–Crippen LogP) is 2.43. The fraction of sp³-hybridized carbons (Fsp3) is 0.500. The molecular weight excluding hydrogens is 278 g/mol. The van der Waals surface area contributed by atoms with E-state index >= 15 is 0 Å². The van der Waals surface area contributed by atoms with Crippen molar-refractivity contribution in [3.63, 3.8) is 0 Å². The van der Waals surface area contributed by atoms with Gasteiger partial charge in [-0.05, 0) is 25.0 Å². The predicted molar refractivity (Wildman–Crippen MR) is 84.1 cm³/mol. The van der Waals surface area contributed by atoms with E-state index in [1.807, 2.05) is 32.0 Å². The second kappa shape index (κ2) is 5.21. The molecule has 0 radical (unpaired) electrons. The number of amides is 1. The van der Waals surface area contributed by atoms with Crippen LogP contribution in [-0.2, 0) is 16.0 Å². The van der Waals surface area contributed by atoms with Gasteiger partial charge in [-0.2, -0.15) is 0 Å². The molecule has 1 aromatic rings. The molecule has 4 nitrogen and oxygen atoms in total. The number of rotatable bonds is 3. The van der Waals surface area contributed by atoms with E-state index in [1.165, 1.54) is 5.56 Å². The second-order valence-electron chi connectivity index (χ2n) is 6.70. The van der Waals surface area contributed by atoms with Gasteiger partial charge in [0.25, 0.3) is 5.91 Å². The lowest BCUT2D eigenvalue weighted by atomic mass is 10.00. The molecule has 3 rings (SSSR count). The molecule has 2 aliphatic rings. The Morgan fingerprint density at radius 1 is 1.50 bits per heavy atom. The summed E-state index contributed by atoms with van der Waals surface area (Å²) in [7, 11) is 0. The van der Waals surface area contributed by atoms with Gasteiger partial charge in [-0.3, -0.25) is 4.79 Å². The lowest BCUT2D eigenvalue weighted by Crippen LogP contribution is -2.50. The van der Waals surface area contributed by atoms with Crippen LogP contribution < -0.4 is 0 Å². The van der Waals surface area contributed by atoms with Crippen molar-refractivity contribution < 1.29 is 14.6 Å². The van der Waals surface area contributed by atoms with Crippen LogP contribution in [0.4, 0.5) is 0 Å². The van der Waals surface area contributed by atoms with Crippen molar-refractivity contribution in [2.75, 3.05) is 0 Å².